The maximum Gasteiger partial charge on any atom is 0.0431 e. The van der Waals surface area contributed by atoms with E-state index < -0.39 is 0 Å². The Bertz CT molecular complexity index is 194. The molecule has 2 N–H and O–H groups in total. The fourth-order valence-corrected chi connectivity index (χ4v) is 3.23. The van der Waals surface area contributed by atoms with Gasteiger partial charge in [0.05, 0.1) is 0 Å². The third-order valence-electron chi connectivity index (χ3n) is 4.87. The molecule has 134 valence electrons. The van der Waals surface area contributed by atoms with Crippen molar-refractivity contribution < 1.29 is 10.2 Å². The highest BCUT2D eigenvalue weighted by molar-refractivity contribution is 4.59. The third kappa shape index (κ3) is 16.3. The molecule has 0 bridgehead atoms. The van der Waals surface area contributed by atoms with Gasteiger partial charge >= 0.3 is 0 Å². The Morgan fingerprint density at radius 3 is 1.14 bits per heavy atom. The van der Waals surface area contributed by atoms with Crippen LogP contribution in [-0.4, -0.2) is 23.4 Å². The Morgan fingerprint density at radius 2 is 0.818 bits per heavy atom. The van der Waals surface area contributed by atoms with Gasteiger partial charge in [-0.05, 0) is 18.8 Å². The van der Waals surface area contributed by atoms with E-state index in [1.165, 1.54) is 89.9 Å². The zero-order valence-corrected chi connectivity index (χ0v) is 15.2. The van der Waals surface area contributed by atoms with Gasteiger partial charge in [-0.25, -0.2) is 0 Å². The Morgan fingerprint density at radius 1 is 0.500 bits per heavy atom. The van der Waals surface area contributed by atoms with Gasteiger partial charge in [0, 0.05) is 13.2 Å². The van der Waals surface area contributed by atoms with Crippen LogP contribution in [0.5, 0.6) is 0 Å². The average molecular weight is 315 g/mol. The topological polar surface area (TPSA) is 40.5 Å². The van der Waals surface area contributed by atoms with Crippen LogP contribution in [0.4, 0.5) is 0 Å². The molecule has 0 radical (unpaired) electrons. The smallest absolute Gasteiger partial charge is 0.0431 e. The summed E-state index contributed by atoms with van der Waals surface area (Å²) < 4.78 is 0. The van der Waals surface area contributed by atoms with Crippen LogP contribution in [-0.2, 0) is 0 Å². The maximum atomic E-state index is 8.77. The van der Waals surface area contributed by atoms with Crippen LogP contribution < -0.4 is 0 Å². The van der Waals surface area contributed by atoms with E-state index >= 15 is 0 Å². The third-order valence-corrected chi connectivity index (χ3v) is 4.87. The van der Waals surface area contributed by atoms with Crippen LogP contribution in [0.3, 0.4) is 0 Å². The van der Waals surface area contributed by atoms with Gasteiger partial charge in [0.15, 0.2) is 0 Å². The molecule has 0 aliphatic carbocycles. The fraction of sp³-hybridized carbons (Fsp3) is 1.00. The Hall–Kier alpha value is -0.0800. The van der Waals surface area contributed by atoms with Crippen molar-refractivity contribution in [2.24, 2.45) is 5.92 Å². The van der Waals surface area contributed by atoms with Crippen LogP contribution in [0.2, 0.25) is 0 Å². The predicted molar refractivity (Wildman–Crippen MR) is 97.2 cm³/mol. The molecule has 0 fully saturated rings. The molecule has 0 saturated heterocycles. The Labute approximate surface area is 139 Å². The number of rotatable bonds is 18. The summed E-state index contributed by atoms with van der Waals surface area (Å²) >= 11 is 0. The van der Waals surface area contributed by atoms with Crippen molar-refractivity contribution in [1.82, 2.24) is 0 Å². The van der Waals surface area contributed by atoms with E-state index in [2.05, 4.69) is 6.92 Å². The van der Waals surface area contributed by atoms with Crippen molar-refractivity contribution in [3.8, 4) is 0 Å². The summed E-state index contributed by atoms with van der Waals surface area (Å²) in [6.45, 7) is 3.06. The molecule has 0 aromatic carbocycles. The standard InChI is InChI=1S/C20H42O2/c1-2-20(17-13-9-11-15-19-22)16-12-8-6-4-3-5-7-10-14-18-21/h20-22H,2-19H2,1H3. The zero-order valence-electron chi connectivity index (χ0n) is 15.2. The molecule has 0 spiro atoms. The summed E-state index contributed by atoms with van der Waals surface area (Å²) in [5.74, 6) is 0.938. The van der Waals surface area contributed by atoms with Gasteiger partial charge in [0.1, 0.15) is 0 Å². The predicted octanol–water partition coefficient (Wildman–Crippen LogP) is 5.85. The van der Waals surface area contributed by atoms with E-state index in [4.69, 9.17) is 10.2 Å². The Balaban J connectivity index is 3.25. The first-order valence-electron chi connectivity index (χ1n) is 10.1. The van der Waals surface area contributed by atoms with Gasteiger partial charge in [0.2, 0.25) is 0 Å². The summed E-state index contributed by atoms with van der Waals surface area (Å²) in [6, 6.07) is 0. The van der Waals surface area contributed by atoms with Gasteiger partial charge in [-0.2, -0.15) is 0 Å². The number of aliphatic hydroxyl groups excluding tert-OH is 2. The maximum absolute atomic E-state index is 8.77. The van der Waals surface area contributed by atoms with Gasteiger partial charge in [-0.15, -0.1) is 0 Å². The van der Waals surface area contributed by atoms with E-state index in [1.54, 1.807) is 0 Å². The van der Waals surface area contributed by atoms with Crippen molar-refractivity contribution in [3.63, 3.8) is 0 Å². The molecule has 0 aliphatic heterocycles. The monoisotopic (exact) mass is 314 g/mol. The largest absolute Gasteiger partial charge is 0.396 e. The minimum atomic E-state index is 0.360. The molecule has 0 heterocycles. The molecule has 1 atom stereocenters. The summed E-state index contributed by atoms with van der Waals surface area (Å²) in [6.07, 6.45) is 20.9. The highest BCUT2D eigenvalue weighted by Gasteiger charge is 2.05. The summed E-state index contributed by atoms with van der Waals surface area (Å²) in [4.78, 5) is 0. The van der Waals surface area contributed by atoms with E-state index in [-0.39, 0.29) is 0 Å². The average Bonchev–Trinajstić information content (AvgIpc) is 2.54. The lowest BCUT2D eigenvalue weighted by atomic mass is 9.92. The Kier molecular flexibility index (Phi) is 18.9. The van der Waals surface area contributed by atoms with Crippen LogP contribution >= 0.6 is 0 Å². The first kappa shape index (κ1) is 21.9. The van der Waals surface area contributed by atoms with E-state index in [9.17, 15) is 0 Å². The van der Waals surface area contributed by atoms with E-state index in [0.29, 0.717) is 13.2 Å². The fourth-order valence-electron chi connectivity index (χ4n) is 3.23. The molecular weight excluding hydrogens is 272 g/mol. The molecule has 1 unspecified atom stereocenters. The minimum absolute atomic E-state index is 0.360. The molecule has 22 heavy (non-hydrogen) atoms. The molecule has 0 aromatic heterocycles. The normalized spacial score (nSPS) is 12.7. The lowest BCUT2D eigenvalue weighted by Gasteiger charge is -2.14. The molecule has 2 nitrogen and oxygen atoms in total. The SMILES string of the molecule is CCC(CCCCCCO)CCCCCCCCCCCO. The quantitative estimate of drug-likeness (QED) is 0.312. The summed E-state index contributed by atoms with van der Waals surface area (Å²) in [7, 11) is 0. The molecule has 0 aliphatic rings. The van der Waals surface area contributed by atoms with Gasteiger partial charge in [-0.1, -0.05) is 96.8 Å². The van der Waals surface area contributed by atoms with Crippen LogP contribution in [0.1, 0.15) is 110 Å². The summed E-state index contributed by atoms with van der Waals surface area (Å²) in [5.41, 5.74) is 0. The highest BCUT2D eigenvalue weighted by atomic mass is 16.3. The molecule has 2 heteroatoms. The molecule has 0 amide bonds. The van der Waals surface area contributed by atoms with Crippen molar-refractivity contribution in [3.05, 3.63) is 0 Å². The second-order valence-corrected chi connectivity index (χ2v) is 6.90. The number of unbranched alkanes of at least 4 members (excludes halogenated alkanes) is 11. The lowest BCUT2D eigenvalue weighted by Crippen LogP contribution is -1.99. The minimum Gasteiger partial charge on any atom is -0.396 e. The number of hydrogen-bond donors (Lipinski definition) is 2. The van der Waals surface area contributed by atoms with Gasteiger partial charge in [0.25, 0.3) is 0 Å². The van der Waals surface area contributed by atoms with Crippen molar-refractivity contribution in [2.75, 3.05) is 13.2 Å². The first-order valence-corrected chi connectivity index (χ1v) is 10.1. The zero-order chi connectivity index (χ0) is 16.3. The molecule has 0 rings (SSSR count). The number of aliphatic hydroxyl groups is 2. The van der Waals surface area contributed by atoms with Gasteiger partial charge < -0.3 is 10.2 Å². The molecular formula is C20H42O2. The molecule has 0 aromatic rings. The first-order chi connectivity index (χ1) is 10.8. The second kappa shape index (κ2) is 19.0. The van der Waals surface area contributed by atoms with Gasteiger partial charge in [-0.3, -0.25) is 0 Å². The van der Waals surface area contributed by atoms with E-state index in [1.807, 2.05) is 0 Å². The molecule has 0 saturated carbocycles. The van der Waals surface area contributed by atoms with Crippen LogP contribution in [0, 0.1) is 5.92 Å². The van der Waals surface area contributed by atoms with Crippen molar-refractivity contribution in [1.29, 1.82) is 0 Å². The van der Waals surface area contributed by atoms with Crippen LogP contribution in [0.25, 0.3) is 0 Å². The van der Waals surface area contributed by atoms with E-state index in [0.717, 1.165) is 18.8 Å². The van der Waals surface area contributed by atoms with Crippen LogP contribution in [0.15, 0.2) is 0 Å². The highest BCUT2D eigenvalue weighted by Crippen LogP contribution is 2.21. The second-order valence-electron chi connectivity index (χ2n) is 6.90. The van der Waals surface area contributed by atoms with Crippen molar-refractivity contribution in [2.45, 2.75) is 110 Å². The summed E-state index contributed by atoms with van der Waals surface area (Å²) in [5, 5.41) is 17.5. The van der Waals surface area contributed by atoms with Crippen molar-refractivity contribution >= 4 is 0 Å². The number of hydrogen-bond acceptors (Lipinski definition) is 2. The lowest BCUT2D eigenvalue weighted by molar-refractivity contribution is 0.281.